The van der Waals surface area contributed by atoms with Gasteiger partial charge in [0.2, 0.25) is 5.95 Å². The van der Waals surface area contributed by atoms with Gasteiger partial charge in [0.25, 0.3) is 0 Å². The summed E-state index contributed by atoms with van der Waals surface area (Å²) in [6, 6.07) is 5.19. The Morgan fingerprint density at radius 1 is 1.10 bits per heavy atom. The molecule has 0 radical (unpaired) electrons. The number of imidazole rings is 1. The van der Waals surface area contributed by atoms with Gasteiger partial charge in [-0.25, -0.2) is 15.0 Å². The van der Waals surface area contributed by atoms with Crippen LogP contribution in [0.4, 0.5) is 17.6 Å². The van der Waals surface area contributed by atoms with Crippen LogP contribution < -0.4 is 10.2 Å². The lowest BCUT2D eigenvalue weighted by molar-refractivity contribution is 0.0680. The van der Waals surface area contributed by atoms with Crippen LogP contribution in [0.25, 0.3) is 11.0 Å². The summed E-state index contributed by atoms with van der Waals surface area (Å²) in [5, 5.41) is 3.37. The maximum atomic E-state index is 5.63. The highest BCUT2D eigenvalue weighted by atomic mass is 16.5. The maximum absolute atomic E-state index is 5.63. The quantitative estimate of drug-likeness (QED) is 0.684. The van der Waals surface area contributed by atoms with E-state index >= 15 is 0 Å². The fourth-order valence-corrected chi connectivity index (χ4v) is 5.16. The van der Waals surface area contributed by atoms with Gasteiger partial charge in [0, 0.05) is 37.5 Å². The number of pyridine rings is 1. The van der Waals surface area contributed by atoms with E-state index < -0.39 is 0 Å². The number of methoxy groups -OCH3 is 1. The molecule has 30 heavy (non-hydrogen) atoms. The molecule has 2 aliphatic heterocycles. The predicted octanol–water partition coefficient (Wildman–Crippen LogP) is 4.00. The van der Waals surface area contributed by atoms with E-state index in [1.165, 1.54) is 12.8 Å². The Kier molecular flexibility index (Phi) is 4.81. The topological polar surface area (TPSA) is 81.0 Å². The van der Waals surface area contributed by atoms with Gasteiger partial charge in [0.1, 0.15) is 23.0 Å². The predicted molar refractivity (Wildman–Crippen MR) is 117 cm³/mol. The number of aryl methyl sites for hydroxylation is 1. The number of aromatic nitrogens is 5. The lowest BCUT2D eigenvalue weighted by Crippen LogP contribution is -2.46. The number of fused-ring (bicyclic) bond motifs is 3. The zero-order chi connectivity index (χ0) is 20.8. The molecular formula is C22H29N7O. The molecule has 158 valence electrons. The molecule has 1 N–H and O–H groups in total. The SMILES string of the molecule is COC1C[C@H]2CC[C@@H](C1)N2c1nccc(Nc2cc3c(cn2)nc(C)n3C(C)C)n1. The molecule has 0 aliphatic carbocycles. The largest absolute Gasteiger partial charge is 0.381 e. The number of nitrogens with one attached hydrogen (secondary N) is 1. The minimum absolute atomic E-state index is 0.335. The number of ether oxygens (including phenoxy) is 1. The minimum Gasteiger partial charge on any atom is -0.381 e. The molecule has 3 aromatic heterocycles. The Labute approximate surface area is 176 Å². The summed E-state index contributed by atoms with van der Waals surface area (Å²) in [6.45, 7) is 6.36. The molecule has 2 bridgehead atoms. The van der Waals surface area contributed by atoms with E-state index in [4.69, 9.17) is 9.72 Å². The maximum Gasteiger partial charge on any atom is 0.227 e. The standard InChI is InChI=1S/C22H29N7O/c1-13(2)28-14(3)25-18-12-24-21(11-19(18)28)26-20-7-8-23-22(27-20)29-15-5-6-16(29)10-17(9-15)30-4/h7-8,11-13,15-17H,5-6,9-10H2,1-4H3,(H,23,24,26,27)/t15-,16+,17?. The van der Waals surface area contributed by atoms with Crippen LogP contribution in [0.5, 0.6) is 0 Å². The fourth-order valence-electron chi connectivity index (χ4n) is 5.16. The van der Waals surface area contributed by atoms with Crippen molar-refractivity contribution in [3.05, 3.63) is 30.4 Å². The van der Waals surface area contributed by atoms with E-state index in [0.29, 0.717) is 24.2 Å². The van der Waals surface area contributed by atoms with Crippen LogP contribution in [-0.2, 0) is 4.74 Å². The van der Waals surface area contributed by atoms with Gasteiger partial charge in [0.05, 0.1) is 17.8 Å². The van der Waals surface area contributed by atoms with E-state index in [1.54, 1.807) is 0 Å². The molecule has 2 fully saturated rings. The van der Waals surface area contributed by atoms with Crippen molar-refractivity contribution in [2.75, 3.05) is 17.3 Å². The van der Waals surface area contributed by atoms with Crippen molar-refractivity contribution in [2.24, 2.45) is 0 Å². The molecule has 5 heterocycles. The number of hydrogen-bond acceptors (Lipinski definition) is 7. The molecule has 0 spiro atoms. The van der Waals surface area contributed by atoms with Gasteiger partial charge in [0.15, 0.2) is 0 Å². The minimum atomic E-state index is 0.335. The van der Waals surface area contributed by atoms with Crippen LogP contribution in [0.15, 0.2) is 24.5 Å². The van der Waals surface area contributed by atoms with Crippen LogP contribution in [0.1, 0.15) is 51.4 Å². The Balaban J connectivity index is 1.41. The number of hydrogen-bond donors (Lipinski definition) is 1. The molecule has 3 aromatic rings. The van der Waals surface area contributed by atoms with Crippen molar-refractivity contribution in [1.29, 1.82) is 0 Å². The first kappa shape index (κ1) is 19.2. The van der Waals surface area contributed by atoms with Gasteiger partial charge in [-0.1, -0.05) is 0 Å². The summed E-state index contributed by atoms with van der Waals surface area (Å²) < 4.78 is 7.85. The molecule has 8 heteroatoms. The molecule has 3 atom stereocenters. The van der Waals surface area contributed by atoms with E-state index in [0.717, 1.165) is 47.3 Å². The van der Waals surface area contributed by atoms with E-state index in [9.17, 15) is 0 Å². The van der Waals surface area contributed by atoms with Gasteiger partial charge in [-0.05, 0) is 52.5 Å². The van der Waals surface area contributed by atoms with Gasteiger partial charge >= 0.3 is 0 Å². The van der Waals surface area contributed by atoms with Crippen molar-refractivity contribution in [3.8, 4) is 0 Å². The number of anilines is 3. The Morgan fingerprint density at radius 3 is 2.57 bits per heavy atom. The summed E-state index contributed by atoms with van der Waals surface area (Å²) in [5.41, 5.74) is 1.99. The summed E-state index contributed by atoms with van der Waals surface area (Å²) >= 11 is 0. The first-order valence-corrected chi connectivity index (χ1v) is 10.8. The zero-order valence-electron chi connectivity index (χ0n) is 18.0. The van der Waals surface area contributed by atoms with E-state index in [-0.39, 0.29) is 0 Å². The molecule has 2 aliphatic rings. The van der Waals surface area contributed by atoms with Crippen molar-refractivity contribution >= 4 is 28.6 Å². The van der Waals surface area contributed by atoms with Crippen LogP contribution in [-0.4, -0.2) is 49.8 Å². The second-order valence-electron chi connectivity index (χ2n) is 8.67. The Hall–Kier alpha value is -2.74. The van der Waals surface area contributed by atoms with Crippen LogP contribution in [0, 0.1) is 6.92 Å². The third-order valence-electron chi connectivity index (χ3n) is 6.42. The van der Waals surface area contributed by atoms with Crippen molar-refractivity contribution in [3.63, 3.8) is 0 Å². The average molecular weight is 408 g/mol. The van der Waals surface area contributed by atoms with Crippen LogP contribution in [0.2, 0.25) is 0 Å². The van der Waals surface area contributed by atoms with Gasteiger partial charge in [-0.15, -0.1) is 0 Å². The van der Waals surface area contributed by atoms with Gasteiger partial charge < -0.3 is 19.5 Å². The number of rotatable bonds is 5. The second-order valence-corrected chi connectivity index (χ2v) is 8.67. The fraction of sp³-hybridized carbons (Fsp3) is 0.545. The summed E-state index contributed by atoms with van der Waals surface area (Å²) in [4.78, 5) is 21.0. The third-order valence-corrected chi connectivity index (χ3v) is 6.42. The molecule has 0 saturated carbocycles. The molecule has 8 nitrogen and oxygen atoms in total. The molecule has 1 unspecified atom stereocenters. The molecule has 0 amide bonds. The Bertz CT molecular complexity index is 1050. The lowest BCUT2D eigenvalue weighted by atomic mass is 10.0. The molecule has 5 rings (SSSR count). The van der Waals surface area contributed by atoms with Crippen LogP contribution >= 0.6 is 0 Å². The first-order valence-electron chi connectivity index (χ1n) is 10.8. The monoisotopic (exact) mass is 407 g/mol. The van der Waals surface area contributed by atoms with Gasteiger partial charge in [-0.2, -0.15) is 4.98 Å². The summed E-state index contributed by atoms with van der Waals surface area (Å²) in [6.07, 6.45) is 8.46. The van der Waals surface area contributed by atoms with Crippen molar-refractivity contribution < 1.29 is 4.74 Å². The first-order chi connectivity index (χ1) is 14.5. The highest BCUT2D eigenvalue weighted by Crippen LogP contribution is 2.39. The second kappa shape index (κ2) is 7.50. The van der Waals surface area contributed by atoms with Gasteiger partial charge in [-0.3, -0.25) is 0 Å². The van der Waals surface area contributed by atoms with E-state index in [2.05, 4.69) is 43.6 Å². The average Bonchev–Trinajstić information content (AvgIpc) is 3.20. The number of nitrogens with zero attached hydrogens (tertiary/aromatic N) is 6. The molecule has 2 saturated heterocycles. The summed E-state index contributed by atoms with van der Waals surface area (Å²) in [7, 11) is 1.82. The Morgan fingerprint density at radius 2 is 1.87 bits per heavy atom. The highest BCUT2D eigenvalue weighted by molar-refractivity contribution is 5.79. The van der Waals surface area contributed by atoms with E-state index in [1.807, 2.05) is 38.6 Å². The molecular weight excluding hydrogens is 378 g/mol. The normalized spacial score (nSPS) is 23.5. The lowest BCUT2D eigenvalue weighted by Gasteiger charge is -2.38. The molecule has 0 aromatic carbocycles. The van der Waals surface area contributed by atoms with Crippen molar-refractivity contribution in [1.82, 2.24) is 24.5 Å². The third kappa shape index (κ3) is 3.29. The zero-order valence-corrected chi connectivity index (χ0v) is 18.0. The van der Waals surface area contributed by atoms with Crippen molar-refractivity contribution in [2.45, 2.75) is 70.7 Å². The number of piperidine rings is 1. The highest BCUT2D eigenvalue weighted by Gasteiger charge is 2.42. The van der Waals surface area contributed by atoms with Crippen LogP contribution in [0.3, 0.4) is 0 Å². The summed E-state index contributed by atoms with van der Waals surface area (Å²) in [5.74, 6) is 3.31. The smallest absolute Gasteiger partial charge is 0.227 e.